The minimum Gasteiger partial charge on any atom is -0.443 e. The highest BCUT2D eigenvalue weighted by molar-refractivity contribution is 6.06. The van der Waals surface area contributed by atoms with Crippen molar-refractivity contribution in [3.8, 4) is 0 Å². The van der Waals surface area contributed by atoms with Crippen molar-refractivity contribution in [2.75, 3.05) is 6.54 Å². The van der Waals surface area contributed by atoms with E-state index >= 15 is 0 Å². The quantitative estimate of drug-likeness (QED) is 0.485. The molecule has 3 aliphatic rings. The molecule has 2 saturated carbocycles. The topological polar surface area (TPSA) is 129 Å². The lowest BCUT2D eigenvalue weighted by Gasteiger charge is -2.45. The Morgan fingerprint density at radius 1 is 1.16 bits per heavy atom. The number of rotatable bonds is 4. The third kappa shape index (κ3) is 3.95. The van der Waals surface area contributed by atoms with Crippen LogP contribution >= 0.6 is 0 Å². The number of carbonyl (C=O) groups is 3. The van der Waals surface area contributed by atoms with Crippen LogP contribution < -0.4 is 5.43 Å². The Balaban J connectivity index is 1.48. The molecule has 9 nitrogen and oxygen atoms in total. The number of aliphatic hydroxyl groups excluding tert-OH is 2. The van der Waals surface area contributed by atoms with Gasteiger partial charge in [-0.25, -0.2) is 10.2 Å². The van der Waals surface area contributed by atoms with Gasteiger partial charge in [-0.2, -0.15) is 5.10 Å². The SMILES string of the molecule is CCN1C(=O)[C@H]2[C@H]3[C@H](O)[C@H](O)C/C(=N\NC(=O)OCc4ccccc4)[C@H]3CC[C@H]2C1=O. The van der Waals surface area contributed by atoms with Crippen LogP contribution in [-0.4, -0.2) is 57.5 Å². The Bertz CT molecular complexity index is 888. The molecule has 1 aliphatic heterocycles. The van der Waals surface area contributed by atoms with Crippen molar-refractivity contribution in [1.82, 2.24) is 10.3 Å². The van der Waals surface area contributed by atoms with Gasteiger partial charge in [0.2, 0.25) is 11.8 Å². The molecule has 9 heteroatoms. The van der Waals surface area contributed by atoms with E-state index in [-0.39, 0.29) is 37.3 Å². The number of amides is 3. The first-order chi connectivity index (χ1) is 14.9. The normalized spacial score (nSPS) is 33.8. The highest BCUT2D eigenvalue weighted by atomic mass is 16.6. The molecular weight excluding hydrogens is 402 g/mol. The van der Waals surface area contributed by atoms with Gasteiger partial charge in [0.05, 0.1) is 24.0 Å². The summed E-state index contributed by atoms with van der Waals surface area (Å²) >= 11 is 0. The van der Waals surface area contributed by atoms with Crippen LogP contribution in [0.5, 0.6) is 0 Å². The second-order valence-corrected chi connectivity index (χ2v) is 8.35. The van der Waals surface area contributed by atoms with Gasteiger partial charge >= 0.3 is 6.09 Å². The molecular formula is C22H27N3O6. The maximum atomic E-state index is 12.9. The second-order valence-electron chi connectivity index (χ2n) is 8.35. The molecule has 4 rings (SSSR count). The largest absolute Gasteiger partial charge is 0.443 e. The van der Waals surface area contributed by atoms with Crippen LogP contribution in [0.3, 0.4) is 0 Å². The molecule has 0 aromatic heterocycles. The Kier molecular flexibility index (Phi) is 6.06. The molecule has 0 unspecified atom stereocenters. The van der Waals surface area contributed by atoms with E-state index in [0.29, 0.717) is 18.6 Å². The van der Waals surface area contributed by atoms with Gasteiger partial charge in [-0.3, -0.25) is 14.5 Å². The summed E-state index contributed by atoms with van der Waals surface area (Å²) in [7, 11) is 0. The van der Waals surface area contributed by atoms with Crippen molar-refractivity contribution < 1.29 is 29.3 Å². The van der Waals surface area contributed by atoms with Crippen LogP contribution in [0.25, 0.3) is 0 Å². The van der Waals surface area contributed by atoms with Crippen LogP contribution in [0.1, 0.15) is 31.7 Å². The molecule has 3 amide bonds. The van der Waals surface area contributed by atoms with Crippen LogP contribution in [0.4, 0.5) is 4.79 Å². The summed E-state index contributed by atoms with van der Waals surface area (Å²) in [5.41, 5.74) is 3.71. The van der Waals surface area contributed by atoms with E-state index in [1.165, 1.54) is 4.90 Å². The second kappa shape index (κ2) is 8.76. The van der Waals surface area contributed by atoms with Gasteiger partial charge in [-0.15, -0.1) is 0 Å². The standard InChI is InChI=1S/C22H27N3O6/c1-2-25-20(28)14-9-8-13-15(10-16(26)19(27)17(13)18(14)21(25)29)23-24-22(30)31-11-12-6-4-3-5-7-12/h3-7,13-14,16-19,26-27H,2,8-11H2,1H3,(H,24,30)/b23-15+/t13-,14-,16-,17+,18-,19-/m1/s1. The van der Waals surface area contributed by atoms with E-state index in [9.17, 15) is 24.6 Å². The number of ether oxygens (including phenoxy) is 1. The van der Waals surface area contributed by atoms with Crippen LogP contribution in [-0.2, 0) is 20.9 Å². The Labute approximate surface area is 180 Å². The van der Waals surface area contributed by atoms with E-state index in [1.807, 2.05) is 30.3 Å². The van der Waals surface area contributed by atoms with Crippen molar-refractivity contribution in [3.05, 3.63) is 35.9 Å². The third-order valence-corrected chi connectivity index (χ3v) is 6.69. The lowest BCUT2D eigenvalue weighted by molar-refractivity contribution is -0.141. The van der Waals surface area contributed by atoms with Gasteiger partial charge in [-0.1, -0.05) is 30.3 Å². The smallest absolute Gasteiger partial charge is 0.428 e. The molecule has 2 aliphatic carbocycles. The molecule has 0 radical (unpaired) electrons. The number of carbonyl (C=O) groups excluding carboxylic acids is 3. The molecule has 3 N–H and O–H groups in total. The monoisotopic (exact) mass is 429 g/mol. The average Bonchev–Trinajstić information content (AvgIpc) is 3.03. The van der Waals surface area contributed by atoms with Crippen molar-refractivity contribution in [3.63, 3.8) is 0 Å². The van der Waals surface area contributed by atoms with Crippen molar-refractivity contribution in [2.45, 2.75) is 45.0 Å². The molecule has 1 aromatic rings. The Hall–Kier alpha value is -2.78. The van der Waals surface area contributed by atoms with E-state index in [2.05, 4.69) is 10.5 Å². The summed E-state index contributed by atoms with van der Waals surface area (Å²) in [5, 5.41) is 25.3. The first-order valence-corrected chi connectivity index (χ1v) is 10.7. The van der Waals surface area contributed by atoms with Crippen LogP contribution in [0, 0.1) is 23.7 Å². The van der Waals surface area contributed by atoms with Gasteiger partial charge in [0.1, 0.15) is 6.61 Å². The van der Waals surface area contributed by atoms with Gasteiger partial charge in [0, 0.05) is 30.5 Å². The molecule has 1 heterocycles. The minimum absolute atomic E-state index is 0.0817. The van der Waals surface area contributed by atoms with Crippen LogP contribution in [0.15, 0.2) is 35.4 Å². The number of nitrogens with one attached hydrogen (secondary N) is 1. The Morgan fingerprint density at radius 3 is 2.58 bits per heavy atom. The molecule has 31 heavy (non-hydrogen) atoms. The number of fused-ring (bicyclic) bond motifs is 3. The predicted octanol–water partition coefficient (Wildman–Crippen LogP) is 1.04. The summed E-state index contributed by atoms with van der Waals surface area (Å²) in [5.74, 6) is -2.57. The number of aliphatic hydroxyl groups is 2. The van der Waals surface area contributed by atoms with Gasteiger partial charge in [-0.05, 0) is 25.3 Å². The van der Waals surface area contributed by atoms with E-state index < -0.39 is 36.1 Å². The average molecular weight is 429 g/mol. The lowest BCUT2D eigenvalue weighted by Crippen LogP contribution is -2.55. The third-order valence-electron chi connectivity index (χ3n) is 6.69. The van der Waals surface area contributed by atoms with Gasteiger partial charge in [0.25, 0.3) is 0 Å². The van der Waals surface area contributed by atoms with Crippen LogP contribution in [0.2, 0.25) is 0 Å². The van der Waals surface area contributed by atoms with Gasteiger partial charge < -0.3 is 14.9 Å². The van der Waals surface area contributed by atoms with E-state index in [1.54, 1.807) is 6.92 Å². The molecule has 3 fully saturated rings. The number of hydrazone groups is 1. The maximum absolute atomic E-state index is 12.9. The molecule has 1 saturated heterocycles. The molecule has 0 spiro atoms. The minimum atomic E-state index is -1.13. The number of hydrogen-bond acceptors (Lipinski definition) is 7. The fourth-order valence-electron chi connectivity index (χ4n) is 5.25. The van der Waals surface area contributed by atoms with Crippen molar-refractivity contribution in [1.29, 1.82) is 0 Å². The molecule has 166 valence electrons. The van der Waals surface area contributed by atoms with Crippen molar-refractivity contribution >= 4 is 23.6 Å². The highest BCUT2D eigenvalue weighted by Crippen LogP contribution is 2.49. The summed E-state index contributed by atoms with van der Waals surface area (Å²) in [6, 6.07) is 9.22. The highest BCUT2D eigenvalue weighted by Gasteiger charge is 2.59. The zero-order valence-corrected chi connectivity index (χ0v) is 17.3. The maximum Gasteiger partial charge on any atom is 0.428 e. The number of hydrogen-bond donors (Lipinski definition) is 3. The first-order valence-electron chi connectivity index (χ1n) is 10.7. The fourth-order valence-corrected chi connectivity index (χ4v) is 5.25. The summed E-state index contributed by atoms with van der Waals surface area (Å²) in [6.07, 6.45) is -1.85. The number of likely N-dealkylation sites (tertiary alicyclic amines) is 1. The number of imide groups is 1. The predicted molar refractivity (Wildman–Crippen MR) is 109 cm³/mol. The first kappa shape index (κ1) is 21.5. The Morgan fingerprint density at radius 2 is 1.87 bits per heavy atom. The number of nitrogens with zero attached hydrogens (tertiary/aromatic N) is 2. The molecule has 1 aromatic carbocycles. The fraction of sp³-hybridized carbons (Fsp3) is 0.545. The van der Waals surface area contributed by atoms with Gasteiger partial charge in [0.15, 0.2) is 0 Å². The van der Waals surface area contributed by atoms with Crippen molar-refractivity contribution in [2.24, 2.45) is 28.8 Å². The summed E-state index contributed by atoms with van der Waals surface area (Å²) < 4.78 is 5.16. The summed E-state index contributed by atoms with van der Waals surface area (Å²) in [4.78, 5) is 38.8. The zero-order valence-electron chi connectivity index (χ0n) is 17.3. The van der Waals surface area contributed by atoms with E-state index in [4.69, 9.17) is 4.74 Å². The molecule has 0 bridgehead atoms. The lowest BCUT2D eigenvalue weighted by atomic mass is 9.60. The summed E-state index contributed by atoms with van der Waals surface area (Å²) in [6.45, 7) is 2.13. The number of benzene rings is 1. The van der Waals surface area contributed by atoms with E-state index in [0.717, 1.165) is 5.56 Å². The molecule has 6 atom stereocenters. The zero-order chi connectivity index (χ0) is 22.1.